The van der Waals surface area contributed by atoms with Crippen LogP contribution in [-0.4, -0.2) is 19.2 Å². The van der Waals surface area contributed by atoms with E-state index in [0.717, 1.165) is 18.8 Å². The first-order valence-corrected chi connectivity index (χ1v) is 7.32. The van der Waals surface area contributed by atoms with Crippen molar-refractivity contribution in [1.82, 2.24) is 5.32 Å². The van der Waals surface area contributed by atoms with Crippen molar-refractivity contribution in [2.75, 3.05) is 13.1 Å². The van der Waals surface area contributed by atoms with Gasteiger partial charge in [0.25, 0.3) is 0 Å². The van der Waals surface area contributed by atoms with Crippen molar-refractivity contribution in [2.24, 2.45) is 11.8 Å². The highest BCUT2D eigenvalue weighted by atomic mass is 35.5. The van der Waals surface area contributed by atoms with Gasteiger partial charge in [0.05, 0.1) is 5.02 Å². The maximum absolute atomic E-state index is 6.20. The Hall–Kier alpha value is -0.440. The zero-order valence-electron chi connectivity index (χ0n) is 10.2. The Morgan fingerprint density at radius 1 is 1.17 bits per heavy atom. The van der Waals surface area contributed by atoms with Crippen molar-refractivity contribution >= 4 is 23.2 Å². The lowest BCUT2D eigenvalue weighted by Gasteiger charge is -2.25. The molecule has 1 aliphatic carbocycles. The second-order valence-electron chi connectivity index (χ2n) is 5.22. The summed E-state index contributed by atoms with van der Waals surface area (Å²) in [6, 6.07) is 5.59. The van der Waals surface area contributed by atoms with Crippen molar-refractivity contribution in [3.63, 3.8) is 0 Å². The SMILES string of the molecule is Clc1cccc(OC(C2CC2)[C@H]2CCNC2)c1Cl. The van der Waals surface area contributed by atoms with Gasteiger partial charge in [0.1, 0.15) is 16.9 Å². The van der Waals surface area contributed by atoms with Crippen LogP contribution in [0.15, 0.2) is 18.2 Å². The number of ether oxygens (including phenoxy) is 1. The van der Waals surface area contributed by atoms with E-state index >= 15 is 0 Å². The molecule has 4 heteroatoms. The Labute approximate surface area is 118 Å². The van der Waals surface area contributed by atoms with Crippen LogP contribution in [0.5, 0.6) is 5.75 Å². The van der Waals surface area contributed by atoms with Crippen LogP contribution in [0.2, 0.25) is 10.0 Å². The van der Waals surface area contributed by atoms with Crippen molar-refractivity contribution < 1.29 is 4.74 Å². The molecule has 2 nitrogen and oxygen atoms in total. The highest BCUT2D eigenvalue weighted by Crippen LogP contribution is 2.41. The zero-order chi connectivity index (χ0) is 12.5. The van der Waals surface area contributed by atoms with Gasteiger partial charge in [-0.2, -0.15) is 0 Å². The zero-order valence-corrected chi connectivity index (χ0v) is 11.7. The molecule has 98 valence electrons. The first-order valence-electron chi connectivity index (χ1n) is 6.57. The van der Waals surface area contributed by atoms with Crippen LogP contribution in [0.25, 0.3) is 0 Å². The van der Waals surface area contributed by atoms with Crippen molar-refractivity contribution in [3.05, 3.63) is 28.2 Å². The van der Waals surface area contributed by atoms with Gasteiger partial charge >= 0.3 is 0 Å². The Bertz CT molecular complexity index is 428. The summed E-state index contributed by atoms with van der Waals surface area (Å²) in [7, 11) is 0. The predicted octanol–water partition coefficient (Wildman–Crippen LogP) is 3.76. The highest BCUT2D eigenvalue weighted by molar-refractivity contribution is 6.42. The second-order valence-corrected chi connectivity index (χ2v) is 6.01. The van der Waals surface area contributed by atoms with Crippen molar-refractivity contribution in [2.45, 2.75) is 25.4 Å². The van der Waals surface area contributed by atoms with Crippen LogP contribution in [0.1, 0.15) is 19.3 Å². The molecule has 1 N–H and O–H groups in total. The van der Waals surface area contributed by atoms with Gasteiger partial charge < -0.3 is 10.1 Å². The first-order chi connectivity index (χ1) is 8.75. The van der Waals surface area contributed by atoms with Crippen LogP contribution < -0.4 is 10.1 Å². The van der Waals surface area contributed by atoms with Gasteiger partial charge in [0.15, 0.2) is 0 Å². The van der Waals surface area contributed by atoms with E-state index in [4.69, 9.17) is 27.9 Å². The molecule has 1 saturated heterocycles. The van der Waals surface area contributed by atoms with E-state index in [-0.39, 0.29) is 6.10 Å². The van der Waals surface area contributed by atoms with Crippen molar-refractivity contribution in [3.8, 4) is 5.75 Å². The monoisotopic (exact) mass is 285 g/mol. The summed E-state index contributed by atoms with van der Waals surface area (Å²) >= 11 is 12.2. The van der Waals surface area contributed by atoms with Crippen LogP contribution in [0.3, 0.4) is 0 Å². The van der Waals surface area contributed by atoms with Crippen LogP contribution >= 0.6 is 23.2 Å². The maximum Gasteiger partial charge on any atom is 0.139 e. The summed E-state index contributed by atoms with van der Waals surface area (Å²) in [5.74, 6) is 2.03. The molecule has 2 aliphatic rings. The predicted molar refractivity (Wildman–Crippen MR) is 74.6 cm³/mol. The van der Waals surface area contributed by atoms with E-state index in [1.165, 1.54) is 19.3 Å². The molecule has 1 saturated carbocycles. The van der Waals surface area contributed by atoms with E-state index in [1.54, 1.807) is 6.07 Å². The topological polar surface area (TPSA) is 21.3 Å². The van der Waals surface area contributed by atoms with Gasteiger partial charge in [0.2, 0.25) is 0 Å². The van der Waals surface area contributed by atoms with E-state index in [1.807, 2.05) is 12.1 Å². The molecule has 0 radical (unpaired) electrons. The third kappa shape index (κ3) is 2.61. The lowest BCUT2D eigenvalue weighted by molar-refractivity contribution is 0.121. The molecule has 2 atom stereocenters. The molecule has 0 amide bonds. The minimum absolute atomic E-state index is 0.288. The molecule has 0 aromatic heterocycles. The molecule has 1 aromatic rings. The Balaban J connectivity index is 1.77. The fourth-order valence-electron chi connectivity index (χ4n) is 2.68. The Morgan fingerprint density at radius 3 is 2.67 bits per heavy atom. The van der Waals surface area contributed by atoms with Gasteiger partial charge in [-0.3, -0.25) is 0 Å². The summed E-state index contributed by atoms with van der Waals surface area (Å²) in [6.45, 7) is 2.15. The highest BCUT2D eigenvalue weighted by Gasteiger charge is 2.39. The first kappa shape index (κ1) is 12.6. The standard InChI is InChI=1S/C14H17Cl2NO/c15-11-2-1-3-12(13(11)16)18-14(9-4-5-9)10-6-7-17-8-10/h1-3,9-10,14,17H,4-8H2/t10-,14?/m0/s1. The number of halogens is 2. The second kappa shape index (κ2) is 5.28. The Morgan fingerprint density at radius 2 is 2.00 bits per heavy atom. The number of hydrogen-bond acceptors (Lipinski definition) is 2. The quantitative estimate of drug-likeness (QED) is 0.910. The van der Waals surface area contributed by atoms with Gasteiger partial charge in [0, 0.05) is 12.5 Å². The average Bonchev–Trinajstić information content (AvgIpc) is 3.06. The van der Waals surface area contributed by atoms with Crippen LogP contribution in [-0.2, 0) is 0 Å². The Kier molecular flexibility index (Phi) is 3.69. The fourth-order valence-corrected chi connectivity index (χ4v) is 3.02. The molecule has 18 heavy (non-hydrogen) atoms. The summed E-state index contributed by atoms with van der Waals surface area (Å²) in [4.78, 5) is 0. The molecular weight excluding hydrogens is 269 g/mol. The van der Waals surface area contributed by atoms with E-state index in [0.29, 0.717) is 21.9 Å². The summed E-state index contributed by atoms with van der Waals surface area (Å²) in [5, 5.41) is 4.51. The smallest absolute Gasteiger partial charge is 0.139 e. The van der Waals surface area contributed by atoms with Gasteiger partial charge in [-0.05, 0) is 43.9 Å². The lowest BCUT2D eigenvalue weighted by atomic mass is 9.97. The van der Waals surface area contributed by atoms with E-state index in [2.05, 4.69) is 5.32 Å². The number of nitrogens with one attached hydrogen (secondary N) is 1. The summed E-state index contributed by atoms with van der Waals surface area (Å²) in [5.41, 5.74) is 0. The third-order valence-electron chi connectivity index (χ3n) is 3.83. The normalized spacial score (nSPS) is 25.1. The average molecular weight is 286 g/mol. The third-order valence-corrected chi connectivity index (χ3v) is 4.63. The summed E-state index contributed by atoms with van der Waals surface area (Å²) < 4.78 is 6.18. The summed E-state index contributed by atoms with van der Waals surface area (Å²) in [6.07, 6.45) is 4.04. The lowest BCUT2D eigenvalue weighted by Crippen LogP contribution is -2.30. The van der Waals surface area contributed by atoms with Crippen molar-refractivity contribution in [1.29, 1.82) is 0 Å². The minimum atomic E-state index is 0.288. The van der Waals surface area contributed by atoms with E-state index in [9.17, 15) is 0 Å². The number of benzene rings is 1. The maximum atomic E-state index is 6.20. The minimum Gasteiger partial charge on any atom is -0.488 e. The molecule has 2 fully saturated rings. The largest absolute Gasteiger partial charge is 0.488 e. The number of hydrogen-bond donors (Lipinski definition) is 1. The molecule has 1 heterocycles. The van der Waals surface area contributed by atoms with Gasteiger partial charge in [-0.1, -0.05) is 29.3 Å². The fraction of sp³-hybridized carbons (Fsp3) is 0.571. The molecule has 1 aliphatic heterocycles. The number of rotatable bonds is 4. The molecular formula is C14H17Cl2NO. The molecule has 1 unspecified atom stereocenters. The van der Waals surface area contributed by atoms with Crippen LogP contribution in [0, 0.1) is 11.8 Å². The molecule has 1 aromatic carbocycles. The van der Waals surface area contributed by atoms with Crippen LogP contribution in [0.4, 0.5) is 0 Å². The van der Waals surface area contributed by atoms with Gasteiger partial charge in [-0.25, -0.2) is 0 Å². The molecule has 3 rings (SSSR count). The molecule has 0 bridgehead atoms. The van der Waals surface area contributed by atoms with E-state index < -0.39 is 0 Å². The molecule has 0 spiro atoms. The van der Waals surface area contributed by atoms with Gasteiger partial charge in [-0.15, -0.1) is 0 Å².